The summed E-state index contributed by atoms with van der Waals surface area (Å²) >= 11 is 0. The minimum absolute atomic E-state index is 0. The number of piperidine rings is 1. The number of ether oxygens (including phenoxy) is 1. The Balaban J connectivity index is 0.00000300. The van der Waals surface area contributed by atoms with Crippen LogP contribution in [0.25, 0.3) is 0 Å². The van der Waals surface area contributed by atoms with Crippen molar-refractivity contribution >= 4 is 0 Å². The Hall–Kier alpha value is -1.77. The maximum atomic E-state index is 13.0. The molecule has 0 saturated carbocycles. The van der Waals surface area contributed by atoms with Crippen molar-refractivity contribution in [3.05, 3.63) is 70.8 Å². The van der Waals surface area contributed by atoms with Crippen LogP contribution in [-0.2, 0) is 23.7 Å². The molecule has 0 amide bonds. The Morgan fingerprint density at radius 2 is 1.48 bits per heavy atom. The molecule has 160 valence electrons. The summed E-state index contributed by atoms with van der Waals surface area (Å²) in [5.74, 6) is 0. The third kappa shape index (κ3) is 6.10. The van der Waals surface area contributed by atoms with E-state index in [4.69, 9.17) is 4.74 Å². The number of benzene rings is 2. The Morgan fingerprint density at radius 1 is 0.897 bits per heavy atom. The van der Waals surface area contributed by atoms with Crippen molar-refractivity contribution in [3.63, 3.8) is 0 Å². The molecule has 0 radical (unpaired) electrons. The normalized spacial score (nSPS) is 20.2. The predicted octanol–water partition coefficient (Wildman–Crippen LogP) is 2.74. The van der Waals surface area contributed by atoms with Crippen molar-refractivity contribution in [2.75, 3.05) is 6.54 Å². The van der Waals surface area contributed by atoms with E-state index in [1.807, 2.05) is 30.3 Å². The van der Waals surface area contributed by atoms with Gasteiger partial charge in [0.05, 0.1) is 29.9 Å². The van der Waals surface area contributed by atoms with Gasteiger partial charge in [0.25, 0.3) is 0 Å². The molecule has 2 nitrogen and oxygen atoms in total. The van der Waals surface area contributed by atoms with Crippen LogP contribution < -0.4 is 17.7 Å². The highest BCUT2D eigenvalue weighted by Crippen LogP contribution is 2.37. The second kappa shape index (κ2) is 9.36. The van der Waals surface area contributed by atoms with Crippen molar-refractivity contribution in [3.8, 4) is 0 Å². The molecule has 2 atom stereocenters. The zero-order valence-corrected chi connectivity index (χ0v) is 15.9. The molecule has 1 heterocycles. The van der Waals surface area contributed by atoms with Crippen LogP contribution in [0.3, 0.4) is 0 Å². The minimum Gasteiger partial charge on any atom is -1.00 e. The molecule has 0 unspecified atom stereocenters. The van der Waals surface area contributed by atoms with Gasteiger partial charge in [0, 0.05) is 0 Å². The van der Waals surface area contributed by atoms with E-state index in [9.17, 15) is 26.3 Å². The first kappa shape index (κ1) is 23.5. The second-order valence-corrected chi connectivity index (χ2v) is 6.75. The first-order chi connectivity index (χ1) is 13.1. The zero-order valence-electron chi connectivity index (χ0n) is 15.2. The fraction of sp³-hybridized carbons (Fsp3) is 0.400. The first-order valence-electron chi connectivity index (χ1n) is 8.83. The maximum absolute atomic E-state index is 13.0. The lowest BCUT2D eigenvalue weighted by molar-refractivity contribution is -0.143. The van der Waals surface area contributed by atoms with Crippen molar-refractivity contribution in [1.82, 2.24) is 5.32 Å². The van der Waals surface area contributed by atoms with Crippen molar-refractivity contribution < 1.29 is 43.5 Å². The van der Waals surface area contributed by atoms with E-state index in [2.05, 4.69) is 5.32 Å². The number of alkyl halides is 6. The molecule has 29 heavy (non-hydrogen) atoms. The van der Waals surface area contributed by atoms with E-state index in [1.54, 1.807) is 0 Å². The van der Waals surface area contributed by atoms with Crippen LogP contribution in [0, 0.1) is 0 Å². The summed E-state index contributed by atoms with van der Waals surface area (Å²) in [7, 11) is 0. The molecule has 2 aromatic carbocycles. The lowest BCUT2D eigenvalue weighted by atomic mass is 9.94. The van der Waals surface area contributed by atoms with Gasteiger partial charge in [0.2, 0.25) is 0 Å². The highest BCUT2D eigenvalue weighted by molar-refractivity contribution is 5.33. The molecule has 2 aromatic rings. The quantitative estimate of drug-likeness (QED) is 0.741. The lowest BCUT2D eigenvalue weighted by Crippen LogP contribution is -3.00. The van der Waals surface area contributed by atoms with E-state index in [0.717, 1.165) is 18.5 Å². The monoisotopic (exact) mass is 438 g/mol. The summed E-state index contributed by atoms with van der Waals surface area (Å²) < 4.78 is 83.8. The molecule has 1 aliphatic heterocycles. The van der Waals surface area contributed by atoms with Gasteiger partial charge in [-0.25, -0.2) is 0 Å². The molecule has 9 heteroatoms. The molecular formula is C20H19ClF6NO-. The molecule has 3 rings (SSSR count). The molecule has 1 aliphatic rings. The summed E-state index contributed by atoms with van der Waals surface area (Å²) in [5, 5.41) is 3.31. The molecular weight excluding hydrogens is 420 g/mol. The zero-order chi connectivity index (χ0) is 20.4. The van der Waals surface area contributed by atoms with E-state index >= 15 is 0 Å². The van der Waals surface area contributed by atoms with Gasteiger partial charge in [-0.1, -0.05) is 30.3 Å². The van der Waals surface area contributed by atoms with Gasteiger partial charge in [-0.05, 0) is 48.7 Å². The summed E-state index contributed by atoms with van der Waals surface area (Å²) in [6, 6.07) is 10.8. The number of halogens is 7. The molecule has 1 N–H and O–H groups in total. The van der Waals surface area contributed by atoms with Gasteiger partial charge in [-0.15, -0.1) is 0 Å². The average Bonchev–Trinajstić information content (AvgIpc) is 2.66. The standard InChI is InChI=1S/C20H19F6NO.ClH/c21-19(22,23)15-9-13(10-16(11-15)20(24,25)26)12-28-17-7-4-8-27-18(17)14-5-2-1-3-6-14;/h1-3,5-6,9-11,17-18,27H,4,7-8,12H2;1H/p-1/t17-,18-;/m0./s1. The smallest absolute Gasteiger partial charge is 0.416 e. The molecule has 0 bridgehead atoms. The molecule has 0 aliphatic carbocycles. The molecule has 0 aromatic heterocycles. The van der Waals surface area contributed by atoms with Crippen LogP contribution in [-0.4, -0.2) is 12.6 Å². The van der Waals surface area contributed by atoms with Gasteiger partial charge in [0.15, 0.2) is 0 Å². The molecule has 1 saturated heterocycles. The van der Waals surface area contributed by atoms with Crippen molar-refractivity contribution in [2.24, 2.45) is 0 Å². The van der Waals surface area contributed by atoms with Crippen molar-refractivity contribution in [2.45, 2.75) is 43.9 Å². The van der Waals surface area contributed by atoms with Crippen LogP contribution >= 0.6 is 0 Å². The SMILES string of the molecule is FC(F)(F)c1cc(CO[C@H]2CCCN[C@H]2c2ccccc2)cc(C(F)(F)F)c1.[Cl-]. The minimum atomic E-state index is -4.87. The second-order valence-electron chi connectivity index (χ2n) is 6.75. The molecule has 1 fully saturated rings. The highest BCUT2D eigenvalue weighted by atomic mass is 35.5. The van der Waals surface area contributed by atoms with Gasteiger partial charge >= 0.3 is 12.4 Å². The lowest BCUT2D eigenvalue weighted by Gasteiger charge is -2.33. The van der Waals surface area contributed by atoms with E-state index in [1.165, 1.54) is 0 Å². The largest absolute Gasteiger partial charge is 1.00 e. The van der Waals surface area contributed by atoms with Crippen LogP contribution in [0.1, 0.15) is 41.1 Å². The highest BCUT2D eigenvalue weighted by Gasteiger charge is 2.37. The Morgan fingerprint density at radius 3 is 2.03 bits per heavy atom. The molecule has 0 spiro atoms. The Labute approximate surface area is 170 Å². The van der Waals surface area contributed by atoms with Gasteiger partial charge < -0.3 is 22.5 Å². The fourth-order valence-corrected chi connectivity index (χ4v) is 3.34. The summed E-state index contributed by atoms with van der Waals surface area (Å²) in [5.41, 5.74) is -1.85. The first-order valence-corrected chi connectivity index (χ1v) is 8.83. The summed E-state index contributed by atoms with van der Waals surface area (Å²) in [4.78, 5) is 0. The number of rotatable bonds is 4. The topological polar surface area (TPSA) is 21.3 Å². The summed E-state index contributed by atoms with van der Waals surface area (Å²) in [6.07, 6.45) is -8.61. The van der Waals surface area contributed by atoms with Crippen LogP contribution in [0.15, 0.2) is 48.5 Å². The summed E-state index contributed by atoms with van der Waals surface area (Å²) in [6.45, 7) is 0.434. The third-order valence-electron chi connectivity index (χ3n) is 4.67. The van der Waals surface area contributed by atoms with E-state index < -0.39 is 23.5 Å². The van der Waals surface area contributed by atoms with Crippen LogP contribution in [0.4, 0.5) is 26.3 Å². The number of nitrogens with one attached hydrogen (secondary N) is 1. The van der Waals surface area contributed by atoms with E-state index in [-0.39, 0.29) is 42.8 Å². The Kier molecular flexibility index (Phi) is 7.59. The van der Waals surface area contributed by atoms with Crippen molar-refractivity contribution in [1.29, 1.82) is 0 Å². The fourth-order valence-electron chi connectivity index (χ4n) is 3.34. The van der Waals surface area contributed by atoms with Crippen LogP contribution in [0.2, 0.25) is 0 Å². The third-order valence-corrected chi connectivity index (χ3v) is 4.67. The van der Waals surface area contributed by atoms with Crippen LogP contribution in [0.5, 0.6) is 0 Å². The predicted molar refractivity (Wildman–Crippen MR) is 91.4 cm³/mol. The number of hydrogen-bond donors (Lipinski definition) is 1. The van der Waals surface area contributed by atoms with E-state index in [0.29, 0.717) is 18.6 Å². The maximum Gasteiger partial charge on any atom is 0.416 e. The average molecular weight is 439 g/mol. The van der Waals surface area contributed by atoms with Gasteiger partial charge in [-0.2, -0.15) is 26.3 Å². The number of hydrogen-bond acceptors (Lipinski definition) is 2. The van der Waals surface area contributed by atoms with Gasteiger partial charge in [-0.3, -0.25) is 0 Å². The van der Waals surface area contributed by atoms with Gasteiger partial charge in [0.1, 0.15) is 0 Å². The Bertz CT molecular complexity index is 762.